The third-order valence-electron chi connectivity index (χ3n) is 2.74. The summed E-state index contributed by atoms with van der Waals surface area (Å²) >= 11 is 1.69. The fourth-order valence-corrected chi connectivity index (χ4v) is 2.57. The van der Waals surface area contributed by atoms with Crippen LogP contribution in [0.25, 0.3) is 0 Å². The van der Waals surface area contributed by atoms with Gasteiger partial charge < -0.3 is 15.4 Å². The molecule has 1 aliphatic heterocycles. The second kappa shape index (κ2) is 5.32. The van der Waals surface area contributed by atoms with Crippen molar-refractivity contribution in [2.24, 2.45) is 0 Å². The number of nitrogens with one attached hydrogen (secondary N) is 2. The van der Waals surface area contributed by atoms with Crippen molar-refractivity contribution in [3.8, 4) is 5.75 Å². The number of methoxy groups -OCH3 is 1. The SMILES string of the molecule is COc1ccsc1CNC1CCC(=O)NC1. The minimum absolute atomic E-state index is 0.159. The van der Waals surface area contributed by atoms with E-state index >= 15 is 0 Å². The van der Waals surface area contributed by atoms with Crippen LogP contribution in [0, 0.1) is 0 Å². The van der Waals surface area contributed by atoms with E-state index in [9.17, 15) is 4.79 Å². The molecule has 2 N–H and O–H groups in total. The van der Waals surface area contributed by atoms with Crippen molar-refractivity contribution in [3.63, 3.8) is 0 Å². The van der Waals surface area contributed by atoms with Crippen molar-refractivity contribution in [1.29, 1.82) is 0 Å². The number of carbonyl (C=O) groups is 1. The average Bonchev–Trinajstić information content (AvgIpc) is 2.76. The topological polar surface area (TPSA) is 50.4 Å². The Kier molecular flexibility index (Phi) is 3.79. The molecule has 0 aliphatic carbocycles. The summed E-state index contributed by atoms with van der Waals surface area (Å²) in [4.78, 5) is 12.2. The summed E-state index contributed by atoms with van der Waals surface area (Å²) in [5.74, 6) is 1.10. The van der Waals surface area contributed by atoms with Crippen LogP contribution in [-0.2, 0) is 11.3 Å². The summed E-state index contributed by atoms with van der Waals surface area (Å²) in [6, 6.07) is 2.36. The van der Waals surface area contributed by atoms with Gasteiger partial charge in [0.1, 0.15) is 5.75 Å². The molecule has 2 rings (SSSR count). The fraction of sp³-hybridized carbons (Fsp3) is 0.545. The van der Waals surface area contributed by atoms with E-state index in [1.807, 2.05) is 11.4 Å². The largest absolute Gasteiger partial charge is 0.496 e. The molecule has 16 heavy (non-hydrogen) atoms. The molecule has 4 nitrogen and oxygen atoms in total. The van der Waals surface area contributed by atoms with Crippen LogP contribution in [0.1, 0.15) is 17.7 Å². The van der Waals surface area contributed by atoms with Crippen LogP contribution in [0.15, 0.2) is 11.4 Å². The molecular weight excluding hydrogens is 224 g/mol. The molecule has 1 amide bonds. The van der Waals surface area contributed by atoms with Gasteiger partial charge in [-0.25, -0.2) is 0 Å². The Morgan fingerprint density at radius 1 is 1.69 bits per heavy atom. The fourth-order valence-electron chi connectivity index (χ4n) is 1.78. The number of piperidine rings is 1. The van der Waals surface area contributed by atoms with E-state index in [-0.39, 0.29) is 5.91 Å². The van der Waals surface area contributed by atoms with E-state index in [0.717, 1.165) is 25.3 Å². The highest BCUT2D eigenvalue weighted by molar-refractivity contribution is 7.10. The number of hydrogen-bond acceptors (Lipinski definition) is 4. The lowest BCUT2D eigenvalue weighted by Crippen LogP contribution is -2.45. The maximum absolute atomic E-state index is 11.0. The zero-order chi connectivity index (χ0) is 11.4. The highest BCUT2D eigenvalue weighted by Crippen LogP contribution is 2.24. The Morgan fingerprint density at radius 3 is 3.25 bits per heavy atom. The number of carbonyl (C=O) groups excluding carboxylic acids is 1. The van der Waals surface area contributed by atoms with Crippen LogP contribution in [0.2, 0.25) is 0 Å². The normalized spacial score (nSPS) is 20.6. The van der Waals surface area contributed by atoms with Gasteiger partial charge in [0, 0.05) is 25.6 Å². The first-order valence-corrected chi connectivity index (χ1v) is 6.28. The minimum atomic E-state index is 0.159. The van der Waals surface area contributed by atoms with Crippen molar-refractivity contribution in [2.75, 3.05) is 13.7 Å². The number of hydrogen-bond donors (Lipinski definition) is 2. The standard InChI is InChI=1S/C11H16N2O2S/c1-15-9-4-5-16-10(9)7-12-8-2-3-11(14)13-6-8/h4-5,8,12H,2-3,6-7H2,1H3,(H,13,14). The Balaban J connectivity index is 1.81. The van der Waals surface area contributed by atoms with E-state index in [1.54, 1.807) is 18.4 Å². The Labute approximate surface area is 99.0 Å². The second-order valence-electron chi connectivity index (χ2n) is 3.83. The summed E-state index contributed by atoms with van der Waals surface area (Å²) in [5.41, 5.74) is 0. The van der Waals surface area contributed by atoms with Crippen molar-refractivity contribution in [2.45, 2.75) is 25.4 Å². The predicted octanol–water partition coefficient (Wildman–Crippen LogP) is 1.12. The Morgan fingerprint density at radius 2 is 2.56 bits per heavy atom. The molecule has 1 aromatic rings. The summed E-state index contributed by atoms with van der Waals surface area (Å²) < 4.78 is 5.24. The van der Waals surface area contributed by atoms with Gasteiger partial charge in [0.05, 0.1) is 12.0 Å². The molecule has 5 heteroatoms. The van der Waals surface area contributed by atoms with Gasteiger partial charge >= 0.3 is 0 Å². The predicted molar refractivity (Wildman–Crippen MR) is 63.7 cm³/mol. The molecule has 2 heterocycles. The van der Waals surface area contributed by atoms with Gasteiger partial charge in [0.25, 0.3) is 0 Å². The van der Waals surface area contributed by atoms with Gasteiger partial charge in [-0.05, 0) is 17.9 Å². The molecule has 0 bridgehead atoms. The lowest BCUT2D eigenvalue weighted by molar-refractivity contribution is -0.122. The quantitative estimate of drug-likeness (QED) is 0.829. The van der Waals surface area contributed by atoms with E-state index in [0.29, 0.717) is 12.5 Å². The number of rotatable bonds is 4. The van der Waals surface area contributed by atoms with E-state index in [1.165, 1.54) is 4.88 Å². The van der Waals surface area contributed by atoms with Crippen molar-refractivity contribution in [1.82, 2.24) is 10.6 Å². The molecule has 1 fully saturated rings. The van der Waals surface area contributed by atoms with Crippen LogP contribution < -0.4 is 15.4 Å². The highest BCUT2D eigenvalue weighted by atomic mass is 32.1. The number of amides is 1. The molecule has 1 aromatic heterocycles. The van der Waals surface area contributed by atoms with Gasteiger partial charge in [-0.2, -0.15) is 0 Å². The third-order valence-corrected chi connectivity index (χ3v) is 3.64. The molecule has 0 radical (unpaired) electrons. The lowest BCUT2D eigenvalue weighted by atomic mass is 10.1. The summed E-state index contributed by atoms with van der Waals surface area (Å²) in [7, 11) is 1.69. The van der Waals surface area contributed by atoms with Gasteiger partial charge in [-0.3, -0.25) is 4.79 Å². The van der Waals surface area contributed by atoms with E-state index < -0.39 is 0 Å². The summed E-state index contributed by atoms with van der Waals surface area (Å²) in [5, 5.41) is 8.32. The maximum Gasteiger partial charge on any atom is 0.220 e. The molecule has 1 atom stereocenters. The molecule has 0 aromatic carbocycles. The maximum atomic E-state index is 11.0. The van der Waals surface area contributed by atoms with Crippen molar-refractivity contribution in [3.05, 3.63) is 16.3 Å². The van der Waals surface area contributed by atoms with Crippen molar-refractivity contribution < 1.29 is 9.53 Å². The van der Waals surface area contributed by atoms with Gasteiger partial charge in [-0.15, -0.1) is 11.3 Å². The zero-order valence-electron chi connectivity index (χ0n) is 9.29. The first kappa shape index (κ1) is 11.4. The second-order valence-corrected chi connectivity index (χ2v) is 4.83. The first-order valence-electron chi connectivity index (χ1n) is 5.40. The minimum Gasteiger partial charge on any atom is -0.496 e. The van der Waals surface area contributed by atoms with E-state index in [2.05, 4.69) is 10.6 Å². The zero-order valence-corrected chi connectivity index (χ0v) is 10.1. The van der Waals surface area contributed by atoms with Crippen LogP contribution >= 0.6 is 11.3 Å². The van der Waals surface area contributed by atoms with Crippen LogP contribution in [-0.4, -0.2) is 25.6 Å². The molecule has 88 valence electrons. The van der Waals surface area contributed by atoms with Gasteiger partial charge in [0.2, 0.25) is 5.91 Å². The number of thiophene rings is 1. The highest BCUT2D eigenvalue weighted by Gasteiger charge is 2.17. The van der Waals surface area contributed by atoms with Crippen LogP contribution in [0.3, 0.4) is 0 Å². The van der Waals surface area contributed by atoms with E-state index in [4.69, 9.17) is 4.74 Å². The summed E-state index contributed by atoms with van der Waals surface area (Å²) in [6.45, 7) is 1.54. The first-order chi connectivity index (χ1) is 7.79. The lowest BCUT2D eigenvalue weighted by Gasteiger charge is -2.23. The van der Waals surface area contributed by atoms with Gasteiger partial charge in [0.15, 0.2) is 0 Å². The number of ether oxygens (including phenoxy) is 1. The van der Waals surface area contributed by atoms with Crippen LogP contribution in [0.4, 0.5) is 0 Å². The monoisotopic (exact) mass is 240 g/mol. The molecule has 0 spiro atoms. The van der Waals surface area contributed by atoms with Gasteiger partial charge in [-0.1, -0.05) is 0 Å². The summed E-state index contributed by atoms with van der Waals surface area (Å²) in [6.07, 6.45) is 1.54. The molecule has 0 saturated carbocycles. The molecule has 1 aliphatic rings. The molecule has 1 unspecified atom stereocenters. The van der Waals surface area contributed by atoms with Crippen LogP contribution in [0.5, 0.6) is 5.75 Å². The van der Waals surface area contributed by atoms with Crippen molar-refractivity contribution >= 4 is 17.2 Å². The molecular formula is C11H16N2O2S. The Bertz CT molecular complexity index is 355. The molecule has 1 saturated heterocycles. The smallest absolute Gasteiger partial charge is 0.220 e. The Hall–Kier alpha value is -1.07. The average molecular weight is 240 g/mol. The third kappa shape index (κ3) is 2.74.